The van der Waals surface area contributed by atoms with Crippen LogP contribution in [0.25, 0.3) is 0 Å². The third-order valence-electron chi connectivity index (χ3n) is 2.32. The minimum atomic E-state index is -1.14. The van der Waals surface area contributed by atoms with Gasteiger partial charge in [0.25, 0.3) is 0 Å². The zero-order chi connectivity index (χ0) is 13.8. The Morgan fingerprint density at radius 2 is 2.21 bits per heavy atom. The van der Waals surface area contributed by atoms with Gasteiger partial charge in [0.15, 0.2) is 17.3 Å². The van der Waals surface area contributed by atoms with Gasteiger partial charge in [-0.1, -0.05) is 12.1 Å². The number of carboxylic acids is 1. The quantitative estimate of drug-likeness (QED) is 0.849. The van der Waals surface area contributed by atoms with E-state index in [2.05, 4.69) is 4.98 Å². The van der Waals surface area contributed by atoms with E-state index in [0.717, 1.165) is 16.9 Å². The first-order valence-electron chi connectivity index (χ1n) is 5.48. The van der Waals surface area contributed by atoms with Crippen LogP contribution in [0.4, 0.5) is 0 Å². The predicted octanol–water partition coefficient (Wildman–Crippen LogP) is 2.41. The first-order valence-corrected chi connectivity index (χ1v) is 6.35. The number of carbonyl (C=O) groups is 2. The molecule has 0 unspecified atom stereocenters. The molecule has 1 aromatic heterocycles. The van der Waals surface area contributed by atoms with Gasteiger partial charge < -0.3 is 9.84 Å². The van der Waals surface area contributed by atoms with Crippen LogP contribution in [-0.2, 0) is 0 Å². The molecular formula is C13H11NO4S. The summed E-state index contributed by atoms with van der Waals surface area (Å²) in [6.07, 6.45) is 0. The van der Waals surface area contributed by atoms with Crippen LogP contribution in [-0.4, -0.2) is 28.4 Å². The number of nitrogens with zero attached hydrogens (tertiary/aromatic N) is 1. The van der Waals surface area contributed by atoms with Crippen molar-refractivity contribution in [2.24, 2.45) is 0 Å². The van der Waals surface area contributed by atoms with Gasteiger partial charge in [0.2, 0.25) is 5.78 Å². The maximum absolute atomic E-state index is 11.8. The number of hydrogen-bond acceptors (Lipinski definition) is 5. The maximum atomic E-state index is 11.8. The number of hydrogen-bond donors (Lipinski definition) is 1. The number of carbonyl (C=O) groups excluding carboxylic acids is 1. The van der Waals surface area contributed by atoms with Crippen molar-refractivity contribution < 1.29 is 19.4 Å². The van der Waals surface area contributed by atoms with Gasteiger partial charge in [0.1, 0.15) is 5.75 Å². The molecule has 0 bridgehead atoms. The molecule has 0 amide bonds. The monoisotopic (exact) mass is 277 g/mol. The summed E-state index contributed by atoms with van der Waals surface area (Å²) in [4.78, 5) is 26.2. The number of aromatic nitrogens is 1. The van der Waals surface area contributed by atoms with Crippen LogP contribution in [0.15, 0.2) is 29.6 Å². The van der Waals surface area contributed by atoms with Gasteiger partial charge in [0.05, 0.1) is 0 Å². The number of carboxylic acid groups (broad SMARTS) is 1. The molecule has 0 aliphatic heterocycles. The molecule has 2 aromatic rings. The van der Waals surface area contributed by atoms with Gasteiger partial charge in [-0.05, 0) is 24.6 Å². The number of aromatic carboxylic acids is 1. The standard InChI is InChI=1S/C13H11NO4S/c1-8-3-2-4-9(5-8)18-6-11(15)12-14-10(7-19-12)13(16)17/h2-5,7H,6H2,1H3,(H,16,17). The Bertz CT molecular complexity index is 621. The average Bonchev–Trinajstić information content (AvgIpc) is 2.86. The van der Waals surface area contributed by atoms with Gasteiger partial charge in [-0.3, -0.25) is 4.79 Å². The molecule has 0 aliphatic carbocycles. The Kier molecular flexibility index (Phi) is 3.91. The summed E-state index contributed by atoms with van der Waals surface area (Å²) in [5, 5.41) is 10.2. The maximum Gasteiger partial charge on any atom is 0.355 e. The zero-order valence-electron chi connectivity index (χ0n) is 10.1. The van der Waals surface area contributed by atoms with Gasteiger partial charge in [-0.2, -0.15) is 0 Å². The Morgan fingerprint density at radius 3 is 2.84 bits per heavy atom. The summed E-state index contributed by atoms with van der Waals surface area (Å²) in [7, 11) is 0. The zero-order valence-corrected chi connectivity index (χ0v) is 10.9. The minimum absolute atomic E-state index is 0.121. The molecule has 0 aliphatic rings. The van der Waals surface area contributed by atoms with E-state index in [-0.39, 0.29) is 23.1 Å². The number of ether oxygens (including phenoxy) is 1. The van der Waals surface area contributed by atoms with Crippen LogP contribution < -0.4 is 4.74 Å². The highest BCUT2D eigenvalue weighted by atomic mass is 32.1. The summed E-state index contributed by atoms with van der Waals surface area (Å²) in [6, 6.07) is 7.33. The van der Waals surface area contributed by atoms with E-state index in [1.165, 1.54) is 5.38 Å². The normalized spacial score (nSPS) is 10.2. The van der Waals surface area contributed by atoms with E-state index in [0.29, 0.717) is 5.75 Å². The van der Waals surface area contributed by atoms with E-state index in [1.807, 2.05) is 25.1 Å². The molecular weight excluding hydrogens is 266 g/mol. The van der Waals surface area contributed by atoms with E-state index in [1.54, 1.807) is 6.07 Å². The van der Waals surface area contributed by atoms with Crippen LogP contribution in [0.5, 0.6) is 5.75 Å². The van der Waals surface area contributed by atoms with E-state index < -0.39 is 5.97 Å². The lowest BCUT2D eigenvalue weighted by Gasteiger charge is -2.04. The van der Waals surface area contributed by atoms with Crippen LogP contribution >= 0.6 is 11.3 Å². The second-order valence-electron chi connectivity index (χ2n) is 3.87. The van der Waals surface area contributed by atoms with Crippen molar-refractivity contribution in [2.45, 2.75) is 6.92 Å². The molecule has 0 radical (unpaired) electrons. The summed E-state index contributed by atoms with van der Waals surface area (Å²) >= 11 is 1.00. The molecule has 1 N–H and O–H groups in total. The van der Waals surface area contributed by atoms with Crippen molar-refractivity contribution >= 4 is 23.1 Å². The van der Waals surface area contributed by atoms with Crippen LogP contribution in [0.1, 0.15) is 25.9 Å². The molecule has 2 rings (SSSR count). The largest absolute Gasteiger partial charge is 0.485 e. The fourth-order valence-corrected chi connectivity index (χ4v) is 2.13. The fraction of sp³-hybridized carbons (Fsp3) is 0.154. The third kappa shape index (κ3) is 3.38. The van der Waals surface area contributed by atoms with Gasteiger partial charge >= 0.3 is 5.97 Å². The van der Waals surface area contributed by atoms with Crippen molar-refractivity contribution in [3.05, 3.63) is 45.9 Å². The van der Waals surface area contributed by atoms with Crippen LogP contribution in [0.3, 0.4) is 0 Å². The Hall–Kier alpha value is -2.21. The molecule has 0 fully saturated rings. The highest BCUT2D eigenvalue weighted by molar-refractivity contribution is 7.12. The molecule has 0 saturated carbocycles. The summed E-state index contributed by atoms with van der Waals surface area (Å²) in [5.41, 5.74) is 0.913. The number of rotatable bonds is 5. The Labute approximate surface area is 113 Å². The molecule has 6 heteroatoms. The summed E-state index contributed by atoms with van der Waals surface area (Å²) < 4.78 is 5.34. The molecule has 1 heterocycles. The van der Waals surface area contributed by atoms with E-state index in [4.69, 9.17) is 9.84 Å². The fourth-order valence-electron chi connectivity index (χ4n) is 1.42. The lowest BCUT2D eigenvalue weighted by atomic mass is 10.2. The first-order chi connectivity index (χ1) is 9.06. The molecule has 0 atom stereocenters. The van der Waals surface area contributed by atoms with Gasteiger partial charge in [-0.15, -0.1) is 11.3 Å². The lowest BCUT2D eigenvalue weighted by molar-refractivity contribution is 0.0691. The number of benzene rings is 1. The number of thiazole rings is 1. The van der Waals surface area contributed by atoms with Crippen LogP contribution in [0.2, 0.25) is 0 Å². The van der Waals surface area contributed by atoms with E-state index in [9.17, 15) is 9.59 Å². The molecule has 98 valence electrons. The predicted molar refractivity (Wildman–Crippen MR) is 70.1 cm³/mol. The lowest BCUT2D eigenvalue weighted by Crippen LogP contribution is -2.12. The highest BCUT2D eigenvalue weighted by Gasteiger charge is 2.15. The van der Waals surface area contributed by atoms with Crippen molar-refractivity contribution in [3.63, 3.8) is 0 Å². The van der Waals surface area contributed by atoms with Gasteiger partial charge in [0, 0.05) is 5.38 Å². The van der Waals surface area contributed by atoms with E-state index >= 15 is 0 Å². The van der Waals surface area contributed by atoms with Crippen LogP contribution in [0, 0.1) is 6.92 Å². The molecule has 1 aromatic carbocycles. The first kappa shape index (κ1) is 13.2. The topological polar surface area (TPSA) is 76.5 Å². The molecule has 5 nitrogen and oxygen atoms in total. The van der Waals surface area contributed by atoms with Crippen molar-refractivity contribution in [1.82, 2.24) is 4.98 Å². The summed E-state index contributed by atoms with van der Waals surface area (Å²) in [5.74, 6) is -0.878. The smallest absolute Gasteiger partial charge is 0.355 e. The Balaban J connectivity index is 1.99. The van der Waals surface area contributed by atoms with Crippen molar-refractivity contribution in [2.75, 3.05) is 6.61 Å². The second kappa shape index (κ2) is 5.62. The molecule has 0 spiro atoms. The van der Waals surface area contributed by atoms with Gasteiger partial charge in [-0.25, -0.2) is 9.78 Å². The minimum Gasteiger partial charge on any atom is -0.485 e. The Morgan fingerprint density at radius 1 is 1.42 bits per heavy atom. The molecule has 19 heavy (non-hydrogen) atoms. The number of ketones is 1. The third-order valence-corrected chi connectivity index (χ3v) is 3.20. The van der Waals surface area contributed by atoms with Crippen molar-refractivity contribution in [1.29, 1.82) is 0 Å². The molecule has 0 saturated heterocycles. The highest BCUT2D eigenvalue weighted by Crippen LogP contribution is 2.14. The average molecular weight is 277 g/mol. The number of Topliss-reactive ketones (excluding diaryl/α,β-unsaturated/α-hetero) is 1. The number of aryl methyl sites for hydroxylation is 1. The van der Waals surface area contributed by atoms with Crippen molar-refractivity contribution in [3.8, 4) is 5.75 Å². The summed E-state index contributed by atoms with van der Waals surface area (Å²) in [6.45, 7) is 1.77. The second-order valence-corrected chi connectivity index (χ2v) is 4.73. The SMILES string of the molecule is Cc1cccc(OCC(=O)c2nc(C(=O)O)cs2)c1.